The van der Waals surface area contributed by atoms with Crippen molar-refractivity contribution >= 4 is 40.2 Å². The van der Waals surface area contributed by atoms with E-state index in [9.17, 15) is 4.79 Å². The van der Waals surface area contributed by atoms with E-state index in [1.807, 2.05) is 60.7 Å². The van der Waals surface area contributed by atoms with Crippen molar-refractivity contribution < 1.29 is 4.79 Å². The summed E-state index contributed by atoms with van der Waals surface area (Å²) in [7, 11) is 0. The van der Waals surface area contributed by atoms with E-state index in [1.54, 1.807) is 6.20 Å². The number of amides is 1. The molecule has 0 radical (unpaired) electrons. The molecule has 0 unspecified atom stereocenters. The van der Waals surface area contributed by atoms with Crippen molar-refractivity contribution in [2.45, 2.75) is 19.3 Å². The molecule has 0 aliphatic carbocycles. The van der Waals surface area contributed by atoms with E-state index in [4.69, 9.17) is 11.6 Å². The molecule has 0 saturated heterocycles. The van der Waals surface area contributed by atoms with Crippen molar-refractivity contribution in [2.24, 2.45) is 0 Å². The molecule has 27 heavy (non-hydrogen) atoms. The summed E-state index contributed by atoms with van der Waals surface area (Å²) in [5.41, 5.74) is 3.76. The molecule has 1 aromatic heterocycles. The number of hydrogen-bond acceptors (Lipinski definition) is 2. The van der Waals surface area contributed by atoms with Crippen molar-refractivity contribution in [3.05, 3.63) is 89.6 Å². The molecule has 136 valence electrons. The van der Waals surface area contributed by atoms with Crippen LogP contribution in [-0.4, -0.2) is 10.9 Å². The van der Waals surface area contributed by atoms with Gasteiger partial charge in [-0.25, -0.2) is 0 Å². The highest BCUT2D eigenvalue weighted by Gasteiger charge is 2.08. The zero-order valence-electron chi connectivity index (χ0n) is 15.0. The highest BCUT2D eigenvalue weighted by molar-refractivity contribution is 6.30. The summed E-state index contributed by atoms with van der Waals surface area (Å²) in [5, 5.41) is 4.70. The predicted molar refractivity (Wildman–Crippen MR) is 114 cm³/mol. The summed E-state index contributed by atoms with van der Waals surface area (Å²) >= 11 is 5.94. The minimum atomic E-state index is -0.0285. The van der Waals surface area contributed by atoms with Gasteiger partial charge < -0.3 is 5.32 Å². The predicted octanol–water partition coefficient (Wildman–Crippen LogP) is 6.27. The molecule has 0 aliphatic heterocycles. The van der Waals surface area contributed by atoms with E-state index in [1.165, 1.54) is 0 Å². The van der Waals surface area contributed by atoms with Gasteiger partial charge in [0.15, 0.2) is 0 Å². The number of nitrogens with one attached hydrogen (secondary N) is 1. The number of nitrogens with zero attached hydrogens (tertiary/aromatic N) is 1. The number of carbonyl (C=O) groups excluding carboxylic acids is 1. The van der Waals surface area contributed by atoms with Gasteiger partial charge in [-0.15, -0.1) is 6.58 Å². The molecule has 0 atom stereocenters. The fraction of sp³-hybridized carbons (Fsp3) is 0.130. The minimum absolute atomic E-state index is 0.0285. The van der Waals surface area contributed by atoms with Crippen LogP contribution in [0.5, 0.6) is 0 Å². The van der Waals surface area contributed by atoms with E-state index in [0.717, 1.165) is 34.1 Å². The molecule has 0 spiro atoms. The Morgan fingerprint density at radius 2 is 1.85 bits per heavy atom. The van der Waals surface area contributed by atoms with Gasteiger partial charge in [0.25, 0.3) is 0 Å². The van der Waals surface area contributed by atoms with Gasteiger partial charge in [0, 0.05) is 23.0 Å². The highest BCUT2D eigenvalue weighted by atomic mass is 35.5. The third-order valence-electron chi connectivity index (χ3n) is 4.23. The molecule has 0 fully saturated rings. The lowest BCUT2D eigenvalue weighted by Gasteiger charge is -2.09. The van der Waals surface area contributed by atoms with E-state index in [-0.39, 0.29) is 5.91 Å². The lowest BCUT2D eigenvalue weighted by Crippen LogP contribution is -2.12. The van der Waals surface area contributed by atoms with Crippen LogP contribution < -0.4 is 5.32 Å². The number of carbonyl (C=O) groups is 1. The van der Waals surface area contributed by atoms with E-state index >= 15 is 0 Å². The number of allylic oxidation sites excluding steroid dienone is 2. The van der Waals surface area contributed by atoms with Gasteiger partial charge in [0.1, 0.15) is 0 Å². The van der Waals surface area contributed by atoms with Crippen LogP contribution in [0.4, 0.5) is 5.69 Å². The van der Waals surface area contributed by atoms with Crippen LogP contribution in [0.25, 0.3) is 17.0 Å². The second-order valence-corrected chi connectivity index (χ2v) is 6.71. The molecule has 3 nitrogen and oxygen atoms in total. The van der Waals surface area contributed by atoms with Gasteiger partial charge in [-0.2, -0.15) is 0 Å². The quantitative estimate of drug-likeness (QED) is 0.494. The van der Waals surface area contributed by atoms with Gasteiger partial charge in [-0.1, -0.05) is 59.7 Å². The van der Waals surface area contributed by atoms with Crippen LogP contribution in [-0.2, 0) is 4.79 Å². The zero-order valence-corrected chi connectivity index (χ0v) is 15.7. The fourth-order valence-corrected chi connectivity index (χ4v) is 3.03. The van der Waals surface area contributed by atoms with Crippen LogP contribution in [0, 0.1) is 0 Å². The Morgan fingerprint density at radius 1 is 1.07 bits per heavy atom. The van der Waals surface area contributed by atoms with E-state index in [2.05, 4.69) is 23.0 Å². The van der Waals surface area contributed by atoms with Gasteiger partial charge in [-0.3, -0.25) is 9.78 Å². The molecule has 4 heteroatoms. The van der Waals surface area contributed by atoms with E-state index in [0.29, 0.717) is 17.9 Å². The molecule has 1 amide bonds. The van der Waals surface area contributed by atoms with Crippen molar-refractivity contribution in [2.75, 3.05) is 5.32 Å². The average molecular weight is 377 g/mol. The van der Waals surface area contributed by atoms with Crippen LogP contribution in [0.1, 0.15) is 24.8 Å². The molecule has 0 aliphatic rings. The topological polar surface area (TPSA) is 42.0 Å². The minimum Gasteiger partial charge on any atom is -0.324 e. The monoisotopic (exact) mass is 376 g/mol. The molecular weight excluding hydrogens is 356 g/mol. The third kappa shape index (κ3) is 5.28. The average Bonchev–Trinajstić information content (AvgIpc) is 2.68. The maximum absolute atomic E-state index is 12.5. The normalized spacial score (nSPS) is 11.4. The largest absolute Gasteiger partial charge is 0.324 e. The molecule has 0 saturated carbocycles. The number of halogens is 1. The smallest absolute Gasteiger partial charge is 0.224 e. The number of benzene rings is 2. The van der Waals surface area contributed by atoms with Crippen LogP contribution in [0.3, 0.4) is 0 Å². The Morgan fingerprint density at radius 3 is 2.63 bits per heavy atom. The Kier molecular flexibility index (Phi) is 6.39. The molecule has 0 bridgehead atoms. The number of rotatable bonds is 7. The second-order valence-electron chi connectivity index (χ2n) is 6.28. The molecule has 1 N–H and O–H groups in total. The standard InChI is InChI=1S/C23H21ClN2O/c1-2-5-17(16-18-9-12-20(24)13-10-18)11-14-22(27)26-21-8-3-6-19-7-4-15-25-23(19)21/h2-4,6-10,12-13,15-16H,1,5,11,14H2,(H,26,27)/b17-16-. The molecule has 3 aromatic rings. The lowest BCUT2D eigenvalue weighted by molar-refractivity contribution is -0.116. The SMILES string of the molecule is C=CC/C(=C/c1ccc(Cl)cc1)CCC(=O)Nc1cccc2cccnc12. The summed E-state index contributed by atoms with van der Waals surface area (Å²) < 4.78 is 0. The summed E-state index contributed by atoms with van der Waals surface area (Å²) in [4.78, 5) is 16.8. The molecule has 2 aromatic carbocycles. The number of para-hydroxylation sites is 1. The summed E-state index contributed by atoms with van der Waals surface area (Å²) in [6.45, 7) is 3.81. The van der Waals surface area contributed by atoms with Crippen LogP contribution >= 0.6 is 11.6 Å². The van der Waals surface area contributed by atoms with Crippen molar-refractivity contribution in [3.63, 3.8) is 0 Å². The molecular formula is C23H21ClN2O. The van der Waals surface area contributed by atoms with Crippen molar-refractivity contribution in [1.29, 1.82) is 0 Å². The van der Waals surface area contributed by atoms with Gasteiger partial charge in [0.2, 0.25) is 5.91 Å². The Labute approximate surface area is 164 Å². The Bertz CT molecular complexity index is 972. The summed E-state index contributed by atoms with van der Waals surface area (Å²) in [6, 6.07) is 17.3. The molecule has 3 rings (SSSR count). The first-order valence-corrected chi connectivity index (χ1v) is 9.23. The Hall–Kier alpha value is -2.91. The summed E-state index contributed by atoms with van der Waals surface area (Å²) in [6.07, 6.45) is 7.48. The first-order chi connectivity index (χ1) is 13.2. The van der Waals surface area contributed by atoms with E-state index < -0.39 is 0 Å². The van der Waals surface area contributed by atoms with Gasteiger partial charge in [-0.05, 0) is 42.7 Å². The highest BCUT2D eigenvalue weighted by Crippen LogP contribution is 2.22. The Balaban J connectivity index is 1.67. The maximum Gasteiger partial charge on any atom is 0.224 e. The van der Waals surface area contributed by atoms with Crippen LogP contribution in [0.15, 0.2) is 79.0 Å². The summed E-state index contributed by atoms with van der Waals surface area (Å²) in [5.74, 6) is -0.0285. The number of anilines is 1. The maximum atomic E-state index is 12.5. The zero-order chi connectivity index (χ0) is 19.1. The number of hydrogen-bond donors (Lipinski definition) is 1. The number of aromatic nitrogens is 1. The third-order valence-corrected chi connectivity index (χ3v) is 4.48. The van der Waals surface area contributed by atoms with Crippen LogP contribution in [0.2, 0.25) is 5.02 Å². The molecule has 1 heterocycles. The van der Waals surface area contributed by atoms with Gasteiger partial charge in [0.05, 0.1) is 11.2 Å². The first-order valence-electron chi connectivity index (χ1n) is 8.85. The van der Waals surface area contributed by atoms with Gasteiger partial charge >= 0.3 is 0 Å². The first kappa shape index (κ1) is 18.9. The number of fused-ring (bicyclic) bond motifs is 1. The second kappa shape index (κ2) is 9.15. The fourth-order valence-electron chi connectivity index (χ4n) is 2.91. The number of pyridine rings is 1. The van der Waals surface area contributed by atoms with Crippen molar-refractivity contribution in [3.8, 4) is 0 Å². The lowest BCUT2D eigenvalue weighted by atomic mass is 10.0. The van der Waals surface area contributed by atoms with Crippen molar-refractivity contribution in [1.82, 2.24) is 4.98 Å².